The quantitative estimate of drug-likeness (QED) is 0.765. The van der Waals surface area contributed by atoms with Crippen molar-refractivity contribution in [3.8, 4) is 0 Å². The number of rotatable bonds is 1. The Labute approximate surface area is 110 Å². The summed E-state index contributed by atoms with van der Waals surface area (Å²) < 4.78 is 0. The lowest BCUT2D eigenvalue weighted by Crippen LogP contribution is -2.42. The summed E-state index contributed by atoms with van der Waals surface area (Å²) in [6.07, 6.45) is 5.01. The molecule has 0 saturated heterocycles. The molecule has 0 amide bonds. The Morgan fingerprint density at radius 2 is 2.28 bits per heavy atom. The van der Waals surface area contributed by atoms with Crippen LogP contribution in [0.1, 0.15) is 23.5 Å². The van der Waals surface area contributed by atoms with Crippen LogP contribution in [0.3, 0.4) is 0 Å². The van der Waals surface area contributed by atoms with E-state index in [1.807, 2.05) is 19.1 Å². The minimum Gasteiger partial charge on any atom is -0.480 e. The summed E-state index contributed by atoms with van der Waals surface area (Å²) in [6.45, 7) is 1.92. The van der Waals surface area contributed by atoms with Crippen LogP contribution >= 0.6 is 11.6 Å². The van der Waals surface area contributed by atoms with E-state index in [9.17, 15) is 9.90 Å². The van der Waals surface area contributed by atoms with Crippen LogP contribution in [-0.2, 0) is 4.79 Å². The van der Waals surface area contributed by atoms with Crippen molar-refractivity contribution in [1.29, 1.82) is 0 Å². The molecule has 0 aromatic heterocycles. The van der Waals surface area contributed by atoms with Crippen molar-refractivity contribution in [1.82, 2.24) is 0 Å². The third-order valence-electron chi connectivity index (χ3n) is 4.00. The molecule has 0 unspecified atom stereocenters. The molecule has 3 atom stereocenters. The summed E-state index contributed by atoms with van der Waals surface area (Å²) in [5.41, 5.74) is 2.98. The van der Waals surface area contributed by atoms with Gasteiger partial charge in [0.1, 0.15) is 6.04 Å². The normalized spacial score (nSPS) is 28.4. The Bertz CT molecular complexity index is 553. The first-order valence-corrected chi connectivity index (χ1v) is 6.42. The minimum atomic E-state index is -0.793. The molecule has 1 heterocycles. The molecule has 1 aliphatic carbocycles. The van der Waals surface area contributed by atoms with E-state index >= 15 is 0 Å². The standard InChI is InChI=1S/C14H14ClNO2/c1-7-11(15)6-5-10-8-3-2-4-9(8)13(14(17)18)16-12(7)10/h2-3,5-6,8-9,13,16H,4H2,1H3,(H,17,18)/t8-,9-,13-/m0/s1. The zero-order chi connectivity index (χ0) is 12.9. The topological polar surface area (TPSA) is 49.3 Å². The molecule has 0 spiro atoms. The number of aliphatic carboxylic acids is 1. The zero-order valence-corrected chi connectivity index (χ0v) is 10.7. The number of nitrogens with one attached hydrogen (secondary N) is 1. The summed E-state index contributed by atoms with van der Waals surface area (Å²) in [5.74, 6) is -0.493. The molecule has 94 valence electrons. The van der Waals surface area contributed by atoms with Gasteiger partial charge in [-0.25, -0.2) is 4.79 Å². The van der Waals surface area contributed by atoms with E-state index in [2.05, 4.69) is 17.5 Å². The fourth-order valence-corrected chi connectivity index (χ4v) is 3.19. The summed E-state index contributed by atoms with van der Waals surface area (Å²) in [5, 5.41) is 13.2. The molecule has 1 aliphatic heterocycles. The van der Waals surface area contributed by atoms with Crippen molar-refractivity contribution in [2.75, 3.05) is 5.32 Å². The summed E-state index contributed by atoms with van der Waals surface area (Å²) in [7, 11) is 0. The van der Waals surface area contributed by atoms with Crippen molar-refractivity contribution in [3.05, 3.63) is 40.4 Å². The molecular formula is C14H14ClNO2. The minimum absolute atomic E-state index is 0.107. The van der Waals surface area contributed by atoms with Gasteiger partial charge in [-0.1, -0.05) is 29.8 Å². The van der Waals surface area contributed by atoms with Gasteiger partial charge in [-0.2, -0.15) is 0 Å². The Morgan fingerprint density at radius 3 is 3.00 bits per heavy atom. The van der Waals surface area contributed by atoms with Gasteiger partial charge in [0.05, 0.1) is 0 Å². The van der Waals surface area contributed by atoms with E-state index in [0.29, 0.717) is 5.02 Å². The SMILES string of the molecule is Cc1c(Cl)ccc2c1N[C@H](C(=O)O)[C@H]1CC=C[C@H]21. The van der Waals surface area contributed by atoms with Gasteiger partial charge in [-0.05, 0) is 30.5 Å². The monoisotopic (exact) mass is 263 g/mol. The Hall–Kier alpha value is -1.48. The van der Waals surface area contributed by atoms with Crippen LogP contribution in [0.25, 0.3) is 0 Å². The van der Waals surface area contributed by atoms with Crippen molar-refractivity contribution >= 4 is 23.3 Å². The van der Waals surface area contributed by atoms with E-state index < -0.39 is 12.0 Å². The lowest BCUT2D eigenvalue weighted by Gasteiger charge is -2.35. The number of hydrogen-bond donors (Lipinski definition) is 2. The van der Waals surface area contributed by atoms with Gasteiger partial charge in [-0.15, -0.1) is 0 Å². The fourth-order valence-electron chi connectivity index (χ4n) is 3.03. The molecule has 1 aromatic rings. The average molecular weight is 264 g/mol. The van der Waals surface area contributed by atoms with E-state index in [-0.39, 0.29) is 11.8 Å². The van der Waals surface area contributed by atoms with Gasteiger partial charge in [0.15, 0.2) is 0 Å². The second-order valence-electron chi connectivity index (χ2n) is 4.95. The van der Waals surface area contributed by atoms with Gasteiger partial charge in [0.25, 0.3) is 0 Å². The Balaban J connectivity index is 2.14. The second-order valence-corrected chi connectivity index (χ2v) is 5.36. The smallest absolute Gasteiger partial charge is 0.326 e. The van der Waals surface area contributed by atoms with Crippen molar-refractivity contribution in [3.63, 3.8) is 0 Å². The molecule has 4 heteroatoms. The van der Waals surface area contributed by atoms with Crippen LogP contribution in [0.2, 0.25) is 5.02 Å². The maximum Gasteiger partial charge on any atom is 0.326 e. The van der Waals surface area contributed by atoms with Crippen LogP contribution in [-0.4, -0.2) is 17.1 Å². The fraction of sp³-hybridized carbons (Fsp3) is 0.357. The highest BCUT2D eigenvalue weighted by atomic mass is 35.5. The summed E-state index contributed by atoms with van der Waals surface area (Å²) in [6, 6.07) is 3.36. The predicted octanol–water partition coefficient (Wildman–Crippen LogP) is 3.19. The number of carboxylic acids is 1. The molecule has 18 heavy (non-hydrogen) atoms. The highest BCUT2D eigenvalue weighted by Crippen LogP contribution is 2.46. The van der Waals surface area contributed by atoms with Crippen molar-refractivity contribution < 1.29 is 9.90 Å². The van der Waals surface area contributed by atoms with E-state index in [4.69, 9.17) is 11.6 Å². The maximum absolute atomic E-state index is 11.4. The molecule has 0 bridgehead atoms. The number of carboxylic acid groups (broad SMARTS) is 1. The van der Waals surface area contributed by atoms with Gasteiger partial charge < -0.3 is 10.4 Å². The van der Waals surface area contributed by atoms with Crippen LogP contribution in [0.5, 0.6) is 0 Å². The number of allylic oxidation sites excluding steroid dienone is 2. The van der Waals surface area contributed by atoms with Crippen LogP contribution in [0.4, 0.5) is 5.69 Å². The second kappa shape index (κ2) is 4.02. The molecule has 1 aromatic carbocycles. The molecule has 0 saturated carbocycles. The van der Waals surface area contributed by atoms with Gasteiger partial charge >= 0.3 is 5.97 Å². The molecule has 3 rings (SSSR count). The van der Waals surface area contributed by atoms with Crippen LogP contribution < -0.4 is 5.32 Å². The number of hydrogen-bond acceptors (Lipinski definition) is 2. The number of halogens is 1. The lowest BCUT2D eigenvalue weighted by atomic mass is 9.78. The van der Waals surface area contributed by atoms with Crippen molar-refractivity contribution in [2.24, 2.45) is 5.92 Å². The molecule has 0 fully saturated rings. The highest BCUT2D eigenvalue weighted by Gasteiger charge is 2.41. The van der Waals surface area contributed by atoms with Gasteiger partial charge in [0.2, 0.25) is 0 Å². The number of carbonyl (C=O) groups is 1. The Kier molecular flexibility index (Phi) is 2.59. The zero-order valence-electron chi connectivity index (χ0n) is 9.98. The highest BCUT2D eigenvalue weighted by molar-refractivity contribution is 6.31. The average Bonchev–Trinajstić information content (AvgIpc) is 2.81. The number of benzene rings is 1. The third-order valence-corrected chi connectivity index (χ3v) is 4.41. The molecule has 2 N–H and O–H groups in total. The maximum atomic E-state index is 11.4. The van der Waals surface area contributed by atoms with Crippen molar-refractivity contribution in [2.45, 2.75) is 25.3 Å². The van der Waals surface area contributed by atoms with E-state index in [1.165, 1.54) is 0 Å². The molecule has 0 radical (unpaired) electrons. The predicted molar refractivity (Wildman–Crippen MR) is 71.2 cm³/mol. The number of fused-ring (bicyclic) bond motifs is 3. The molecule has 2 aliphatic rings. The van der Waals surface area contributed by atoms with E-state index in [1.54, 1.807) is 0 Å². The largest absolute Gasteiger partial charge is 0.480 e. The van der Waals surface area contributed by atoms with Crippen LogP contribution in [0.15, 0.2) is 24.3 Å². The lowest BCUT2D eigenvalue weighted by molar-refractivity contribution is -0.139. The summed E-state index contributed by atoms with van der Waals surface area (Å²) in [4.78, 5) is 11.4. The van der Waals surface area contributed by atoms with Gasteiger partial charge in [-0.3, -0.25) is 0 Å². The van der Waals surface area contributed by atoms with E-state index in [0.717, 1.165) is 23.2 Å². The van der Waals surface area contributed by atoms with Crippen LogP contribution in [0, 0.1) is 12.8 Å². The molecule has 3 nitrogen and oxygen atoms in total. The number of anilines is 1. The van der Waals surface area contributed by atoms with Gasteiger partial charge in [0, 0.05) is 22.5 Å². The summed E-state index contributed by atoms with van der Waals surface area (Å²) >= 11 is 6.11. The first-order chi connectivity index (χ1) is 8.59. The first kappa shape index (κ1) is 11.6. The molecular weight excluding hydrogens is 250 g/mol. The Morgan fingerprint density at radius 1 is 1.50 bits per heavy atom. The first-order valence-electron chi connectivity index (χ1n) is 6.04. The third kappa shape index (κ3) is 1.54.